The van der Waals surface area contributed by atoms with Gasteiger partial charge in [0.1, 0.15) is 11.5 Å². The van der Waals surface area contributed by atoms with Gasteiger partial charge in [-0.3, -0.25) is 0 Å². The van der Waals surface area contributed by atoms with E-state index in [2.05, 4.69) is 15.9 Å². The molecule has 1 aromatic carbocycles. The van der Waals surface area contributed by atoms with Crippen molar-refractivity contribution in [2.24, 2.45) is 5.73 Å². The molecule has 1 heterocycles. The minimum Gasteiger partial charge on any atom is -0.464 e. The van der Waals surface area contributed by atoms with Crippen LogP contribution in [0.4, 0.5) is 0 Å². The summed E-state index contributed by atoms with van der Waals surface area (Å²) >= 11 is 9.36. The number of halogens is 2. The van der Waals surface area contributed by atoms with E-state index in [0.29, 0.717) is 5.02 Å². The molecule has 0 aliphatic carbocycles. The zero-order valence-corrected chi connectivity index (χ0v) is 11.0. The van der Waals surface area contributed by atoms with E-state index < -0.39 is 0 Å². The highest BCUT2D eigenvalue weighted by Gasteiger charge is 2.13. The molecule has 1 unspecified atom stereocenters. The van der Waals surface area contributed by atoms with Crippen LogP contribution in [0.3, 0.4) is 0 Å². The number of benzene rings is 1. The summed E-state index contributed by atoms with van der Waals surface area (Å²) in [4.78, 5) is 0. The van der Waals surface area contributed by atoms with Crippen LogP contribution in [0.2, 0.25) is 5.02 Å². The van der Waals surface area contributed by atoms with Crippen LogP contribution in [-0.2, 0) is 0 Å². The first-order valence-electron chi connectivity index (χ1n) is 4.84. The second-order valence-electron chi connectivity index (χ2n) is 3.63. The Morgan fingerprint density at radius 1 is 1.31 bits per heavy atom. The Balaban J connectivity index is 2.37. The van der Waals surface area contributed by atoms with Crippen LogP contribution in [0.25, 0.3) is 0 Å². The highest BCUT2D eigenvalue weighted by molar-refractivity contribution is 9.10. The summed E-state index contributed by atoms with van der Waals surface area (Å²) in [6, 6.07) is 9.10. The predicted molar refractivity (Wildman–Crippen MR) is 68.6 cm³/mol. The smallest absolute Gasteiger partial charge is 0.125 e. The van der Waals surface area contributed by atoms with Crippen molar-refractivity contribution < 1.29 is 4.42 Å². The monoisotopic (exact) mass is 299 g/mol. The number of hydrogen-bond donors (Lipinski definition) is 1. The van der Waals surface area contributed by atoms with Gasteiger partial charge in [-0.15, -0.1) is 0 Å². The predicted octanol–water partition coefficient (Wildman–Crippen LogP) is 4.05. The van der Waals surface area contributed by atoms with Crippen molar-refractivity contribution in [2.75, 3.05) is 0 Å². The number of nitrogens with two attached hydrogens (primary N) is 1. The van der Waals surface area contributed by atoms with Crippen molar-refractivity contribution >= 4 is 27.5 Å². The highest BCUT2D eigenvalue weighted by atomic mass is 79.9. The van der Waals surface area contributed by atoms with Crippen molar-refractivity contribution in [3.63, 3.8) is 0 Å². The second-order valence-corrected chi connectivity index (χ2v) is 4.98. The van der Waals surface area contributed by atoms with Crippen molar-refractivity contribution in [1.29, 1.82) is 0 Å². The van der Waals surface area contributed by atoms with Gasteiger partial charge in [0.25, 0.3) is 0 Å². The molecule has 2 aromatic rings. The fraction of sp³-hybridized carbons (Fsp3) is 0.167. The lowest BCUT2D eigenvalue weighted by atomic mass is 10.1. The van der Waals surface area contributed by atoms with Gasteiger partial charge in [-0.2, -0.15) is 0 Å². The average molecular weight is 301 g/mol. The van der Waals surface area contributed by atoms with E-state index in [4.69, 9.17) is 21.8 Å². The van der Waals surface area contributed by atoms with Gasteiger partial charge in [0, 0.05) is 9.50 Å². The summed E-state index contributed by atoms with van der Waals surface area (Å²) in [5.74, 6) is 1.60. The van der Waals surface area contributed by atoms with Crippen molar-refractivity contribution in [3.8, 4) is 0 Å². The third kappa shape index (κ3) is 2.48. The van der Waals surface area contributed by atoms with Crippen LogP contribution in [0.5, 0.6) is 0 Å². The Hall–Kier alpha value is -0.770. The van der Waals surface area contributed by atoms with E-state index in [1.165, 1.54) is 0 Å². The molecule has 16 heavy (non-hydrogen) atoms. The van der Waals surface area contributed by atoms with Gasteiger partial charge in [0.05, 0.1) is 6.04 Å². The zero-order chi connectivity index (χ0) is 11.7. The summed E-state index contributed by atoms with van der Waals surface area (Å²) < 4.78 is 6.41. The van der Waals surface area contributed by atoms with Gasteiger partial charge in [0.15, 0.2) is 0 Å². The van der Waals surface area contributed by atoms with Crippen LogP contribution >= 0.6 is 27.5 Å². The van der Waals surface area contributed by atoms with Crippen molar-refractivity contribution in [1.82, 2.24) is 0 Å². The standard InChI is InChI=1S/C12H11BrClNO/c1-7-2-3-11(16-7)12(15)8-4-9(13)6-10(14)5-8/h2-6,12H,15H2,1H3. The average Bonchev–Trinajstić information content (AvgIpc) is 2.62. The van der Waals surface area contributed by atoms with E-state index in [1.807, 2.05) is 37.3 Å². The Bertz CT molecular complexity index is 489. The maximum absolute atomic E-state index is 6.09. The topological polar surface area (TPSA) is 39.2 Å². The van der Waals surface area contributed by atoms with E-state index in [9.17, 15) is 0 Å². The van der Waals surface area contributed by atoms with Crippen LogP contribution < -0.4 is 5.73 Å². The molecule has 0 spiro atoms. The summed E-state index contributed by atoms with van der Waals surface area (Å²) in [5.41, 5.74) is 7.02. The van der Waals surface area contributed by atoms with Crippen LogP contribution in [0.1, 0.15) is 23.1 Å². The molecule has 0 saturated carbocycles. The fourth-order valence-electron chi connectivity index (χ4n) is 1.54. The molecular formula is C12H11BrClNO. The van der Waals surface area contributed by atoms with Gasteiger partial charge < -0.3 is 10.2 Å². The normalized spacial score (nSPS) is 12.8. The largest absolute Gasteiger partial charge is 0.464 e. The van der Waals surface area contributed by atoms with E-state index >= 15 is 0 Å². The lowest BCUT2D eigenvalue weighted by Gasteiger charge is -2.10. The number of hydrogen-bond acceptors (Lipinski definition) is 2. The number of aryl methyl sites for hydroxylation is 1. The third-order valence-electron chi connectivity index (χ3n) is 2.31. The van der Waals surface area contributed by atoms with Crippen LogP contribution in [0, 0.1) is 6.92 Å². The maximum Gasteiger partial charge on any atom is 0.125 e. The van der Waals surface area contributed by atoms with Crippen molar-refractivity contribution in [3.05, 3.63) is 56.9 Å². The molecule has 2 rings (SSSR count). The molecule has 0 radical (unpaired) electrons. The molecule has 2 nitrogen and oxygen atoms in total. The molecule has 2 N–H and O–H groups in total. The van der Waals surface area contributed by atoms with Gasteiger partial charge >= 0.3 is 0 Å². The van der Waals surface area contributed by atoms with Crippen molar-refractivity contribution in [2.45, 2.75) is 13.0 Å². The molecule has 0 fully saturated rings. The molecule has 4 heteroatoms. The van der Waals surface area contributed by atoms with Gasteiger partial charge in [-0.25, -0.2) is 0 Å². The molecule has 0 bridgehead atoms. The summed E-state index contributed by atoms with van der Waals surface area (Å²) in [6.07, 6.45) is 0. The Morgan fingerprint density at radius 3 is 2.62 bits per heavy atom. The quantitative estimate of drug-likeness (QED) is 0.908. The summed E-state index contributed by atoms with van der Waals surface area (Å²) in [5, 5.41) is 0.656. The first kappa shape index (κ1) is 11.7. The van der Waals surface area contributed by atoms with Gasteiger partial charge in [0.2, 0.25) is 0 Å². The lowest BCUT2D eigenvalue weighted by molar-refractivity contribution is 0.466. The minimum atomic E-state index is -0.288. The molecule has 0 amide bonds. The Labute approximate surface area is 108 Å². The molecule has 1 atom stereocenters. The van der Waals surface area contributed by atoms with Crippen LogP contribution in [-0.4, -0.2) is 0 Å². The first-order chi connectivity index (χ1) is 7.56. The third-order valence-corrected chi connectivity index (χ3v) is 2.99. The maximum atomic E-state index is 6.09. The van der Waals surface area contributed by atoms with E-state index in [-0.39, 0.29) is 6.04 Å². The Morgan fingerprint density at radius 2 is 2.06 bits per heavy atom. The molecule has 84 valence electrons. The van der Waals surface area contributed by atoms with Crippen LogP contribution in [0.15, 0.2) is 39.2 Å². The first-order valence-corrected chi connectivity index (χ1v) is 6.01. The summed E-state index contributed by atoms with van der Waals surface area (Å²) in [6.45, 7) is 1.89. The number of furan rings is 1. The number of rotatable bonds is 2. The minimum absolute atomic E-state index is 0.288. The molecule has 0 aliphatic rings. The van der Waals surface area contributed by atoms with E-state index in [0.717, 1.165) is 21.6 Å². The second kappa shape index (κ2) is 4.62. The zero-order valence-electron chi connectivity index (χ0n) is 8.71. The Kier molecular flexibility index (Phi) is 3.38. The van der Waals surface area contributed by atoms with Gasteiger partial charge in [-0.05, 0) is 42.8 Å². The lowest BCUT2D eigenvalue weighted by Crippen LogP contribution is -2.10. The molecule has 0 saturated heterocycles. The fourth-order valence-corrected chi connectivity index (χ4v) is 2.43. The van der Waals surface area contributed by atoms with E-state index in [1.54, 1.807) is 0 Å². The van der Waals surface area contributed by atoms with Gasteiger partial charge in [-0.1, -0.05) is 27.5 Å². The molecule has 1 aromatic heterocycles. The molecular weight excluding hydrogens is 289 g/mol. The SMILES string of the molecule is Cc1ccc(C(N)c2cc(Cl)cc(Br)c2)o1. The highest BCUT2D eigenvalue weighted by Crippen LogP contribution is 2.27. The molecule has 0 aliphatic heterocycles. The summed E-state index contributed by atoms with van der Waals surface area (Å²) in [7, 11) is 0.